The van der Waals surface area contributed by atoms with Gasteiger partial charge in [0.1, 0.15) is 48.3 Å². The summed E-state index contributed by atoms with van der Waals surface area (Å²) in [6.45, 7) is 39.0. The Hall–Kier alpha value is -4.78. The van der Waals surface area contributed by atoms with Crippen LogP contribution in [0.1, 0.15) is 167 Å². The summed E-state index contributed by atoms with van der Waals surface area (Å²) in [5.74, 6) is 3.09. The molecule has 7 aliphatic heterocycles. The molecule has 0 spiro atoms. The predicted octanol–water partition coefficient (Wildman–Crippen LogP) is 10.3. The number of likely N-dealkylation sites (tertiary alicyclic amines) is 3. The summed E-state index contributed by atoms with van der Waals surface area (Å²) in [6, 6.07) is 24.6. The summed E-state index contributed by atoms with van der Waals surface area (Å²) in [6.07, 6.45) is 13.5. The zero-order valence-corrected chi connectivity index (χ0v) is 62.6. The number of benzene rings is 3. The largest absolute Gasteiger partial charge is 1.00 e. The molecule has 0 unspecified atom stereocenters. The topological polar surface area (TPSA) is 171 Å². The SMILES string of the molecule is CC1(C)OB(c2cccc(OCCN3CCCC3)c2)OC1(C)C.C[C@H]1CC=C(OS(=O)(=O)C(F)(F)F)N(C(=O)OC(C)(C)C)C1.C[C@H]1CC=C(c2cccc(OCCN3CCCC3)c2)N(C(=O)OC(C)(C)C)C1.C[C@H]1CCC(c2cccc(OCCN3CCCC3)c2)=NC1.[B].[H-].[Na+]. The molecule has 3 aromatic rings. The van der Waals surface area contributed by atoms with E-state index in [1.165, 1.54) is 95.5 Å². The Labute approximate surface area is 597 Å². The van der Waals surface area contributed by atoms with Crippen molar-refractivity contribution >= 4 is 54.7 Å². The van der Waals surface area contributed by atoms with Crippen LogP contribution in [0.25, 0.3) is 5.70 Å². The van der Waals surface area contributed by atoms with E-state index in [9.17, 15) is 31.2 Å². The average molecular weight is 1370 g/mol. The van der Waals surface area contributed by atoms with Crippen molar-refractivity contribution in [3.63, 3.8) is 0 Å². The fourth-order valence-corrected chi connectivity index (χ4v) is 11.9. The van der Waals surface area contributed by atoms with E-state index in [1.807, 2.05) is 69.3 Å². The van der Waals surface area contributed by atoms with Crippen LogP contribution < -0.4 is 49.2 Å². The van der Waals surface area contributed by atoms with E-state index < -0.39 is 38.8 Å². The first-order chi connectivity index (χ1) is 44.2. The number of ether oxygens (including phenoxy) is 5. The molecule has 4 fully saturated rings. The maximum Gasteiger partial charge on any atom is 1.00 e. The summed E-state index contributed by atoms with van der Waals surface area (Å²) in [5.41, 5.74) is -2.19. The van der Waals surface area contributed by atoms with Gasteiger partial charge < -0.3 is 38.6 Å². The maximum absolute atomic E-state index is 12.8. The molecule has 7 heterocycles. The zero-order chi connectivity index (χ0) is 68.5. The monoisotopic (exact) mass is 1370 g/mol. The normalized spacial score (nSPS) is 21.4. The molecule has 3 radical (unpaired) electrons. The Balaban J connectivity index is 0.000000274. The zero-order valence-electron chi connectivity index (χ0n) is 60.8. The molecule has 0 saturated carbocycles. The molecule has 2 amide bonds. The first-order valence-corrected chi connectivity index (χ1v) is 35.3. The van der Waals surface area contributed by atoms with Gasteiger partial charge in [0, 0.05) is 59.0 Å². The number of hydrogen-bond donors (Lipinski definition) is 0. The number of alkyl halides is 3. The van der Waals surface area contributed by atoms with E-state index in [2.05, 4.69) is 90.8 Å². The van der Waals surface area contributed by atoms with Crippen molar-refractivity contribution < 1.29 is 99.3 Å². The van der Waals surface area contributed by atoms with Crippen molar-refractivity contribution in [3.05, 3.63) is 102 Å². The molecule has 10 rings (SSSR count). The van der Waals surface area contributed by atoms with Gasteiger partial charge in [0.25, 0.3) is 0 Å². The molecule has 0 aromatic heterocycles. The Kier molecular flexibility index (Phi) is 31.6. The van der Waals surface area contributed by atoms with Crippen LogP contribution >= 0.6 is 0 Å². The van der Waals surface area contributed by atoms with Crippen molar-refractivity contribution in [1.82, 2.24) is 24.5 Å². The molecule has 96 heavy (non-hydrogen) atoms. The minimum atomic E-state index is -5.84. The number of carbonyl (C=O) groups is 2. The molecular formula is C71H107B2F3N6NaO12S. The molecular weight excluding hydrogens is 1260 g/mol. The minimum Gasteiger partial charge on any atom is -1.00 e. The molecule has 3 atom stereocenters. The molecule has 7 aliphatic rings. The van der Waals surface area contributed by atoms with Crippen molar-refractivity contribution in [3.8, 4) is 17.2 Å². The van der Waals surface area contributed by atoms with Gasteiger partial charge in [-0.3, -0.25) is 24.6 Å². The number of aliphatic imine (C=N–C) groups is 1. The van der Waals surface area contributed by atoms with Crippen LogP contribution in [-0.2, 0) is 33.1 Å². The molecule has 4 saturated heterocycles. The van der Waals surface area contributed by atoms with Crippen LogP contribution in [0.15, 0.2) is 95.8 Å². The van der Waals surface area contributed by atoms with E-state index in [4.69, 9.17) is 38.0 Å². The third-order valence-electron chi connectivity index (χ3n) is 17.4. The number of allylic oxidation sites excluding steroid dienone is 2. The summed E-state index contributed by atoms with van der Waals surface area (Å²) >= 11 is 0. The number of carbonyl (C=O) groups excluding carboxylic acids is 2. The van der Waals surface area contributed by atoms with Gasteiger partial charge in [-0.05, 0) is 244 Å². The van der Waals surface area contributed by atoms with Crippen LogP contribution in [-0.4, -0.2) is 193 Å². The Morgan fingerprint density at radius 2 is 1.03 bits per heavy atom. The van der Waals surface area contributed by atoms with Crippen molar-refractivity contribution in [2.45, 2.75) is 182 Å². The molecule has 0 N–H and O–H groups in total. The van der Waals surface area contributed by atoms with Gasteiger partial charge in [-0.1, -0.05) is 63.2 Å². The van der Waals surface area contributed by atoms with Crippen LogP contribution in [0.2, 0.25) is 0 Å². The molecule has 0 aliphatic carbocycles. The van der Waals surface area contributed by atoms with E-state index in [1.54, 1.807) is 32.6 Å². The third-order valence-corrected chi connectivity index (χ3v) is 18.4. The second-order valence-electron chi connectivity index (χ2n) is 28.8. The average Bonchev–Trinajstić information content (AvgIpc) is 1.71. The van der Waals surface area contributed by atoms with Crippen molar-refractivity contribution in [2.24, 2.45) is 22.7 Å². The van der Waals surface area contributed by atoms with Crippen LogP contribution in [0.3, 0.4) is 0 Å². The van der Waals surface area contributed by atoms with Gasteiger partial charge >= 0.3 is 64.5 Å². The second-order valence-corrected chi connectivity index (χ2v) is 30.4. The molecule has 25 heteroatoms. The van der Waals surface area contributed by atoms with Gasteiger partial charge in [0.05, 0.1) is 16.9 Å². The smallest absolute Gasteiger partial charge is 1.00 e. The van der Waals surface area contributed by atoms with E-state index in [0.717, 1.165) is 103 Å². The minimum absolute atomic E-state index is 0. The summed E-state index contributed by atoms with van der Waals surface area (Å²) < 4.78 is 104. The van der Waals surface area contributed by atoms with Gasteiger partial charge in [-0.2, -0.15) is 21.6 Å². The quantitative estimate of drug-likeness (QED) is 0.0710. The first-order valence-electron chi connectivity index (χ1n) is 33.9. The fraction of sp³-hybridized carbons (Fsp3) is 0.648. The Bertz CT molecular complexity index is 3140. The van der Waals surface area contributed by atoms with Gasteiger partial charge in [-0.25, -0.2) is 14.5 Å². The standard InChI is InChI=1S/C23H34N2O3.C18H28BNO3.C18H26N2O.C12H18F3NO5S.B.Na.H/c1-18-10-11-21(25(17-18)22(26)28-23(2,3)4)19-8-7-9-20(16-19)27-15-14-24-12-5-6-13-24;1-17(2)18(3,4)23-19(22-17)15-8-7-9-16(14-15)21-13-12-20-10-5-6-11-20;1-15-7-8-18(19-14-15)16-5-4-6-17(13-16)21-12-11-20-9-2-3-10-20;1-8-5-6-9(21-22(18,19)12(13,14)15)16(7-8)10(17)20-11(2,3)4;;;/h7-9,11,16,18H,5-6,10,12-15,17H2,1-4H3;7-9,14H,5-6,10-13H2,1-4H3;4-6,13,15H,2-3,7-12,14H2,1H3;6,8H,5,7H2,1-4H3;;;/q;;;;;+1;-1/t18-;;15-;8-;;;/m0.00.../s1. The maximum atomic E-state index is 12.8. The molecule has 3 aromatic carbocycles. The number of hydrogen-bond acceptors (Lipinski definition) is 16. The third kappa shape index (κ3) is 26.1. The molecule has 18 nitrogen and oxygen atoms in total. The van der Waals surface area contributed by atoms with E-state index in [-0.39, 0.29) is 82.7 Å². The second kappa shape index (κ2) is 37.1. The molecule has 0 bridgehead atoms. The predicted molar refractivity (Wildman–Crippen MR) is 371 cm³/mol. The summed E-state index contributed by atoms with van der Waals surface area (Å²) in [5, 5.41) is 0. The number of halogens is 3. The van der Waals surface area contributed by atoms with Crippen LogP contribution in [0.4, 0.5) is 22.8 Å². The van der Waals surface area contributed by atoms with Crippen molar-refractivity contribution in [1.29, 1.82) is 0 Å². The molecule has 527 valence electrons. The van der Waals surface area contributed by atoms with E-state index in [0.29, 0.717) is 19.1 Å². The fourth-order valence-electron chi connectivity index (χ4n) is 11.5. The number of nitrogens with zero attached hydrogens (tertiary/aromatic N) is 6. The first kappa shape index (κ1) is 81.9. The van der Waals surface area contributed by atoms with Crippen LogP contribution in [0.5, 0.6) is 17.2 Å². The van der Waals surface area contributed by atoms with Gasteiger partial charge in [0.2, 0.25) is 5.88 Å². The summed E-state index contributed by atoms with van der Waals surface area (Å²) in [4.78, 5) is 39.4. The Morgan fingerprint density at radius 3 is 1.48 bits per heavy atom. The summed E-state index contributed by atoms with van der Waals surface area (Å²) in [7, 11) is -6.17. The van der Waals surface area contributed by atoms with Gasteiger partial charge in [0.15, 0.2) is 0 Å². The van der Waals surface area contributed by atoms with Crippen LogP contribution in [0, 0.1) is 17.8 Å². The number of amides is 2. The Morgan fingerprint density at radius 1 is 0.615 bits per heavy atom. The van der Waals surface area contributed by atoms with Crippen molar-refractivity contribution in [2.75, 3.05) is 98.4 Å². The number of rotatable bonds is 17. The van der Waals surface area contributed by atoms with Gasteiger partial charge in [-0.15, -0.1) is 0 Å². The van der Waals surface area contributed by atoms with E-state index >= 15 is 0 Å².